The number of hydrogen-bond donors (Lipinski definition) is 1. The summed E-state index contributed by atoms with van der Waals surface area (Å²) in [5, 5.41) is 0. The Morgan fingerprint density at radius 1 is 1.24 bits per heavy atom. The van der Waals surface area contributed by atoms with Gasteiger partial charge in [0.25, 0.3) is 5.91 Å². The molecule has 0 radical (unpaired) electrons. The minimum atomic E-state index is 0.0561. The van der Waals surface area contributed by atoms with Crippen LogP contribution in [0.2, 0.25) is 0 Å². The zero-order valence-corrected chi connectivity index (χ0v) is 13.0. The molecule has 21 heavy (non-hydrogen) atoms. The topological polar surface area (TPSA) is 67.4 Å². The molecule has 6 nitrogen and oxygen atoms in total. The van der Waals surface area contributed by atoms with Crippen LogP contribution in [0.3, 0.4) is 0 Å². The molecule has 2 rings (SSSR count). The van der Waals surface area contributed by atoms with Crippen molar-refractivity contribution in [3.63, 3.8) is 0 Å². The number of rotatable bonds is 6. The Kier molecular flexibility index (Phi) is 6.20. The van der Waals surface area contributed by atoms with E-state index < -0.39 is 0 Å². The van der Waals surface area contributed by atoms with Gasteiger partial charge in [0.15, 0.2) is 0 Å². The van der Waals surface area contributed by atoms with E-state index in [9.17, 15) is 4.79 Å². The van der Waals surface area contributed by atoms with Gasteiger partial charge < -0.3 is 20.1 Å². The number of aryl methyl sites for hydroxylation is 1. The summed E-state index contributed by atoms with van der Waals surface area (Å²) < 4.78 is 1.81. The predicted molar refractivity (Wildman–Crippen MR) is 83.1 cm³/mol. The Labute approximate surface area is 126 Å². The van der Waals surface area contributed by atoms with Crippen molar-refractivity contribution in [1.82, 2.24) is 19.4 Å². The van der Waals surface area contributed by atoms with Crippen molar-refractivity contribution < 1.29 is 4.79 Å². The molecule has 0 atom stereocenters. The number of unbranched alkanes of at least 4 members (excludes halogenated alkanes) is 2. The highest BCUT2D eigenvalue weighted by atomic mass is 16.2. The Hall–Kier alpha value is -1.40. The van der Waals surface area contributed by atoms with Crippen LogP contribution in [-0.2, 0) is 7.05 Å². The van der Waals surface area contributed by atoms with Crippen LogP contribution < -0.4 is 5.73 Å². The molecule has 0 spiro atoms. The summed E-state index contributed by atoms with van der Waals surface area (Å²) in [6, 6.07) is 0. The Morgan fingerprint density at radius 3 is 2.81 bits per heavy atom. The highest BCUT2D eigenvalue weighted by Gasteiger charge is 2.21. The van der Waals surface area contributed by atoms with Gasteiger partial charge in [-0.1, -0.05) is 6.42 Å². The minimum Gasteiger partial charge on any atom is -0.340 e. The summed E-state index contributed by atoms with van der Waals surface area (Å²) >= 11 is 0. The number of carbonyl (C=O) groups is 1. The highest BCUT2D eigenvalue weighted by Crippen LogP contribution is 2.09. The standard InChI is InChI=1S/C15H27N5O/c1-18-12-14(17-13-18)15(21)20-9-5-8-19(10-11-20)7-4-2-3-6-16/h12-13H,2-11,16H2,1H3. The molecule has 0 saturated carbocycles. The lowest BCUT2D eigenvalue weighted by Crippen LogP contribution is -2.35. The van der Waals surface area contributed by atoms with Crippen molar-refractivity contribution in [2.45, 2.75) is 25.7 Å². The summed E-state index contributed by atoms with van der Waals surface area (Å²) in [5.74, 6) is 0.0561. The fraction of sp³-hybridized carbons (Fsp3) is 0.733. The summed E-state index contributed by atoms with van der Waals surface area (Å²) in [7, 11) is 1.88. The van der Waals surface area contributed by atoms with Crippen molar-refractivity contribution in [2.75, 3.05) is 39.3 Å². The first-order chi connectivity index (χ1) is 10.2. The SMILES string of the molecule is Cn1cnc(C(=O)N2CCCN(CCCCCN)CC2)c1. The maximum atomic E-state index is 12.4. The first-order valence-electron chi connectivity index (χ1n) is 7.90. The van der Waals surface area contributed by atoms with E-state index >= 15 is 0 Å². The van der Waals surface area contributed by atoms with Gasteiger partial charge in [0.1, 0.15) is 5.69 Å². The number of hydrogen-bond acceptors (Lipinski definition) is 4. The average Bonchev–Trinajstić information content (AvgIpc) is 2.78. The van der Waals surface area contributed by atoms with Crippen LogP contribution in [0.4, 0.5) is 0 Å². The summed E-state index contributed by atoms with van der Waals surface area (Å²) in [6.45, 7) is 5.56. The molecule has 0 aromatic carbocycles. The molecule has 1 fully saturated rings. The molecule has 6 heteroatoms. The third kappa shape index (κ3) is 4.82. The molecule has 1 aromatic heterocycles. The zero-order chi connectivity index (χ0) is 15.1. The molecule has 2 heterocycles. The average molecular weight is 293 g/mol. The molecular formula is C15H27N5O. The number of nitrogens with two attached hydrogens (primary N) is 1. The van der Waals surface area contributed by atoms with E-state index in [-0.39, 0.29) is 5.91 Å². The second kappa shape index (κ2) is 8.14. The van der Waals surface area contributed by atoms with Gasteiger partial charge in [-0.25, -0.2) is 4.98 Å². The van der Waals surface area contributed by atoms with Gasteiger partial charge in [-0.2, -0.15) is 0 Å². The minimum absolute atomic E-state index is 0.0561. The van der Waals surface area contributed by atoms with Crippen molar-refractivity contribution in [3.8, 4) is 0 Å². The maximum Gasteiger partial charge on any atom is 0.274 e. The molecule has 1 aromatic rings. The number of carbonyl (C=O) groups excluding carboxylic acids is 1. The summed E-state index contributed by atoms with van der Waals surface area (Å²) in [6.07, 6.45) is 8.01. The first-order valence-corrected chi connectivity index (χ1v) is 7.90. The smallest absolute Gasteiger partial charge is 0.274 e. The molecule has 1 aliphatic heterocycles. The molecule has 0 bridgehead atoms. The third-order valence-electron chi connectivity index (χ3n) is 3.98. The van der Waals surface area contributed by atoms with Crippen LogP contribution in [0.25, 0.3) is 0 Å². The van der Waals surface area contributed by atoms with E-state index in [1.165, 1.54) is 12.8 Å². The van der Waals surface area contributed by atoms with Gasteiger partial charge in [-0.3, -0.25) is 4.79 Å². The molecular weight excluding hydrogens is 266 g/mol. The number of imidazole rings is 1. The molecule has 0 aliphatic carbocycles. The van der Waals surface area contributed by atoms with E-state index in [1.807, 2.05) is 16.5 Å². The normalized spacial score (nSPS) is 17.0. The lowest BCUT2D eigenvalue weighted by atomic mass is 10.2. The van der Waals surface area contributed by atoms with E-state index in [4.69, 9.17) is 5.73 Å². The third-order valence-corrected chi connectivity index (χ3v) is 3.98. The number of nitrogens with zero attached hydrogens (tertiary/aromatic N) is 4. The molecule has 118 valence electrons. The van der Waals surface area contributed by atoms with E-state index in [0.29, 0.717) is 5.69 Å². The summed E-state index contributed by atoms with van der Waals surface area (Å²) in [5.41, 5.74) is 6.07. The van der Waals surface area contributed by atoms with Crippen LogP contribution in [0.15, 0.2) is 12.5 Å². The highest BCUT2D eigenvalue weighted by molar-refractivity contribution is 5.92. The summed E-state index contributed by atoms with van der Waals surface area (Å²) in [4.78, 5) is 20.9. The molecule has 2 N–H and O–H groups in total. The predicted octanol–water partition coefficient (Wildman–Crippen LogP) is 0.697. The monoisotopic (exact) mass is 293 g/mol. The molecule has 1 amide bonds. The van der Waals surface area contributed by atoms with E-state index in [2.05, 4.69) is 9.88 Å². The van der Waals surface area contributed by atoms with Gasteiger partial charge >= 0.3 is 0 Å². The number of amides is 1. The van der Waals surface area contributed by atoms with Crippen molar-refractivity contribution in [3.05, 3.63) is 18.2 Å². The Balaban J connectivity index is 1.79. The second-order valence-corrected chi connectivity index (χ2v) is 5.76. The van der Waals surface area contributed by atoms with Crippen molar-refractivity contribution in [1.29, 1.82) is 0 Å². The lowest BCUT2D eigenvalue weighted by Gasteiger charge is -2.21. The quantitative estimate of drug-likeness (QED) is 0.784. The number of aromatic nitrogens is 2. The van der Waals surface area contributed by atoms with Crippen LogP contribution in [0.1, 0.15) is 36.2 Å². The molecule has 1 saturated heterocycles. The van der Waals surface area contributed by atoms with Crippen LogP contribution in [0, 0.1) is 0 Å². The maximum absolute atomic E-state index is 12.4. The van der Waals surface area contributed by atoms with Gasteiger partial charge in [0, 0.05) is 32.9 Å². The van der Waals surface area contributed by atoms with Crippen LogP contribution in [0.5, 0.6) is 0 Å². The van der Waals surface area contributed by atoms with E-state index in [0.717, 1.165) is 52.1 Å². The van der Waals surface area contributed by atoms with Crippen molar-refractivity contribution >= 4 is 5.91 Å². The van der Waals surface area contributed by atoms with E-state index in [1.54, 1.807) is 12.5 Å². The van der Waals surface area contributed by atoms with Gasteiger partial charge in [0.2, 0.25) is 0 Å². The van der Waals surface area contributed by atoms with Gasteiger partial charge in [-0.15, -0.1) is 0 Å². The fourth-order valence-electron chi connectivity index (χ4n) is 2.74. The Morgan fingerprint density at radius 2 is 2.10 bits per heavy atom. The lowest BCUT2D eigenvalue weighted by molar-refractivity contribution is 0.0756. The van der Waals surface area contributed by atoms with Gasteiger partial charge in [-0.05, 0) is 38.9 Å². The zero-order valence-electron chi connectivity index (χ0n) is 13.0. The van der Waals surface area contributed by atoms with Crippen LogP contribution >= 0.6 is 0 Å². The fourth-order valence-corrected chi connectivity index (χ4v) is 2.74. The molecule has 1 aliphatic rings. The second-order valence-electron chi connectivity index (χ2n) is 5.76. The van der Waals surface area contributed by atoms with Crippen LogP contribution in [-0.4, -0.2) is 64.5 Å². The van der Waals surface area contributed by atoms with Crippen molar-refractivity contribution in [2.24, 2.45) is 12.8 Å². The molecule has 0 unspecified atom stereocenters. The Bertz CT molecular complexity index is 445. The largest absolute Gasteiger partial charge is 0.340 e. The van der Waals surface area contributed by atoms with Gasteiger partial charge in [0.05, 0.1) is 6.33 Å². The first kappa shape index (κ1) is 16.0.